The van der Waals surface area contributed by atoms with E-state index >= 15 is 0 Å². The molecule has 0 saturated carbocycles. The van der Waals surface area contributed by atoms with E-state index in [2.05, 4.69) is 9.73 Å². The van der Waals surface area contributed by atoms with Gasteiger partial charge in [0.1, 0.15) is 11.6 Å². The monoisotopic (exact) mass is 355 g/mol. The zero-order valence-corrected chi connectivity index (χ0v) is 13.8. The SMILES string of the molecule is CCOC(=O)Oc1ccc(/C=C2/N=C(c3cccc(F)c3)OC2=O)cc1. The summed E-state index contributed by atoms with van der Waals surface area (Å²) in [7, 11) is 0. The largest absolute Gasteiger partial charge is 0.513 e. The van der Waals surface area contributed by atoms with Crippen LogP contribution in [0.1, 0.15) is 18.1 Å². The van der Waals surface area contributed by atoms with Gasteiger partial charge in [-0.25, -0.2) is 19.0 Å². The summed E-state index contributed by atoms with van der Waals surface area (Å²) in [5.41, 5.74) is 1.11. The molecular weight excluding hydrogens is 341 g/mol. The number of carbonyl (C=O) groups is 2. The van der Waals surface area contributed by atoms with Gasteiger partial charge in [0.15, 0.2) is 5.70 Å². The fraction of sp³-hybridized carbons (Fsp3) is 0.105. The maximum absolute atomic E-state index is 13.3. The molecule has 2 aromatic rings. The highest BCUT2D eigenvalue weighted by Gasteiger charge is 2.24. The van der Waals surface area contributed by atoms with Crippen LogP contribution in [-0.2, 0) is 14.3 Å². The highest BCUT2D eigenvalue weighted by molar-refractivity contribution is 6.12. The third-order valence-corrected chi connectivity index (χ3v) is 3.34. The van der Waals surface area contributed by atoms with E-state index in [1.54, 1.807) is 37.3 Å². The molecule has 0 amide bonds. The van der Waals surface area contributed by atoms with Crippen molar-refractivity contribution in [1.82, 2.24) is 0 Å². The normalized spacial score (nSPS) is 14.8. The quantitative estimate of drug-likeness (QED) is 0.475. The molecule has 0 saturated heterocycles. The lowest BCUT2D eigenvalue weighted by atomic mass is 10.2. The summed E-state index contributed by atoms with van der Waals surface area (Å²) in [6.45, 7) is 1.90. The molecule has 0 radical (unpaired) electrons. The Kier molecular flexibility index (Phi) is 5.07. The van der Waals surface area contributed by atoms with E-state index in [4.69, 9.17) is 9.47 Å². The molecule has 0 aromatic heterocycles. The lowest BCUT2D eigenvalue weighted by molar-refractivity contribution is -0.129. The van der Waals surface area contributed by atoms with Crippen LogP contribution in [0.25, 0.3) is 6.08 Å². The van der Waals surface area contributed by atoms with Crippen LogP contribution in [0.3, 0.4) is 0 Å². The number of ether oxygens (including phenoxy) is 3. The van der Waals surface area contributed by atoms with Crippen LogP contribution >= 0.6 is 0 Å². The average Bonchev–Trinajstić information content (AvgIpc) is 2.98. The minimum Gasteiger partial charge on any atom is -0.434 e. The summed E-state index contributed by atoms with van der Waals surface area (Å²) in [5.74, 6) is -0.724. The summed E-state index contributed by atoms with van der Waals surface area (Å²) >= 11 is 0. The topological polar surface area (TPSA) is 74.2 Å². The predicted octanol–water partition coefficient (Wildman–Crippen LogP) is 3.71. The van der Waals surface area contributed by atoms with E-state index in [-0.39, 0.29) is 18.2 Å². The maximum atomic E-state index is 13.3. The molecule has 1 aliphatic heterocycles. The Hall–Kier alpha value is -3.48. The fourth-order valence-electron chi connectivity index (χ4n) is 2.19. The Bertz CT molecular complexity index is 902. The number of aliphatic imine (C=N–C) groups is 1. The van der Waals surface area contributed by atoms with Gasteiger partial charge in [-0.1, -0.05) is 18.2 Å². The zero-order valence-electron chi connectivity index (χ0n) is 13.8. The summed E-state index contributed by atoms with van der Waals surface area (Å²) < 4.78 is 28.0. The van der Waals surface area contributed by atoms with Gasteiger partial charge in [0.25, 0.3) is 0 Å². The molecule has 0 atom stereocenters. The van der Waals surface area contributed by atoms with Crippen molar-refractivity contribution in [2.24, 2.45) is 4.99 Å². The van der Waals surface area contributed by atoms with Crippen LogP contribution in [-0.4, -0.2) is 24.6 Å². The van der Waals surface area contributed by atoms with Gasteiger partial charge < -0.3 is 14.2 Å². The highest BCUT2D eigenvalue weighted by Crippen LogP contribution is 2.21. The van der Waals surface area contributed by atoms with Gasteiger partial charge in [-0.05, 0) is 48.9 Å². The number of hydrogen-bond acceptors (Lipinski definition) is 6. The Labute approximate surface area is 148 Å². The van der Waals surface area contributed by atoms with Crippen molar-refractivity contribution in [3.8, 4) is 5.75 Å². The summed E-state index contributed by atoms with van der Waals surface area (Å²) in [6, 6.07) is 12.0. The standard InChI is InChI=1S/C19H14FNO5/c1-2-24-19(23)25-15-8-6-12(7-9-15)10-16-18(22)26-17(21-16)13-4-3-5-14(20)11-13/h3-11H,2H2,1H3/b16-10+. The number of rotatable bonds is 4. The van der Waals surface area contributed by atoms with Crippen LogP contribution in [0.15, 0.2) is 59.2 Å². The van der Waals surface area contributed by atoms with Crippen LogP contribution in [0, 0.1) is 5.82 Å². The minimum absolute atomic E-state index is 0.0445. The molecule has 0 fully saturated rings. The third kappa shape index (κ3) is 4.13. The Morgan fingerprint density at radius 2 is 2.00 bits per heavy atom. The fourth-order valence-corrected chi connectivity index (χ4v) is 2.19. The van der Waals surface area contributed by atoms with Crippen molar-refractivity contribution in [2.45, 2.75) is 6.92 Å². The summed E-state index contributed by atoms with van der Waals surface area (Å²) in [6.07, 6.45) is 0.727. The van der Waals surface area contributed by atoms with Crippen LogP contribution in [0.5, 0.6) is 5.75 Å². The Morgan fingerprint density at radius 1 is 1.23 bits per heavy atom. The van der Waals surface area contributed by atoms with Crippen molar-refractivity contribution < 1.29 is 28.2 Å². The van der Waals surface area contributed by atoms with Crippen molar-refractivity contribution in [1.29, 1.82) is 0 Å². The van der Waals surface area contributed by atoms with Gasteiger partial charge in [-0.2, -0.15) is 0 Å². The maximum Gasteiger partial charge on any atom is 0.513 e. The lowest BCUT2D eigenvalue weighted by Gasteiger charge is -2.03. The van der Waals surface area contributed by atoms with Gasteiger partial charge in [0.2, 0.25) is 5.90 Å². The molecule has 0 spiro atoms. The van der Waals surface area contributed by atoms with Crippen molar-refractivity contribution in [3.63, 3.8) is 0 Å². The van der Waals surface area contributed by atoms with Gasteiger partial charge in [0, 0.05) is 5.56 Å². The molecule has 1 aliphatic rings. The number of esters is 1. The first kappa shape index (κ1) is 17.3. The van der Waals surface area contributed by atoms with Gasteiger partial charge >= 0.3 is 12.1 Å². The molecule has 0 unspecified atom stereocenters. The van der Waals surface area contributed by atoms with Crippen molar-refractivity contribution in [2.75, 3.05) is 6.61 Å². The van der Waals surface area contributed by atoms with E-state index in [1.165, 1.54) is 24.3 Å². The van der Waals surface area contributed by atoms with E-state index in [1.807, 2.05) is 0 Å². The average molecular weight is 355 g/mol. The number of hydrogen-bond donors (Lipinski definition) is 0. The van der Waals surface area contributed by atoms with E-state index < -0.39 is 17.9 Å². The van der Waals surface area contributed by atoms with Crippen LogP contribution in [0.2, 0.25) is 0 Å². The molecule has 3 rings (SSSR count). The van der Waals surface area contributed by atoms with Gasteiger partial charge in [0.05, 0.1) is 6.61 Å². The second-order valence-corrected chi connectivity index (χ2v) is 5.20. The number of halogens is 1. The van der Waals surface area contributed by atoms with Crippen molar-refractivity contribution >= 4 is 24.1 Å². The molecule has 132 valence electrons. The number of cyclic esters (lactones) is 1. The third-order valence-electron chi connectivity index (χ3n) is 3.34. The Morgan fingerprint density at radius 3 is 2.69 bits per heavy atom. The number of nitrogens with zero attached hydrogens (tertiary/aromatic N) is 1. The predicted molar refractivity (Wildman–Crippen MR) is 91.1 cm³/mol. The number of carbonyl (C=O) groups excluding carboxylic acids is 2. The molecule has 0 bridgehead atoms. The second kappa shape index (κ2) is 7.60. The molecule has 2 aromatic carbocycles. The first-order valence-electron chi connectivity index (χ1n) is 7.78. The van der Waals surface area contributed by atoms with Crippen molar-refractivity contribution in [3.05, 3.63) is 71.2 Å². The Balaban J connectivity index is 1.77. The van der Waals surface area contributed by atoms with Crippen LogP contribution < -0.4 is 4.74 Å². The van der Waals surface area contributed by atoms with E-state index in [0.29, 0.717) is 16.9 Å². The van der Waals surface area contributed by atoms with E-state index in [0.717, 1.165) is 0 Å². The number of benzene rings is 2. The zero-order chi connectivity index (χ0) is 18.5. The highest BCUT2D eigenvalue weighted by atomic mass is 19.1. The molecule has 0 N–H and O–H groups in total. The summed E-state index contributed by atoms with van der Waals surface area (Å²) in [4.78, 5) is 27.3. The van der Waals surface area contributed by atoms with Gasteiger partial charge in [-0.15, -0.1) is 0 Å². The molecule has 1 heterocycles. The van der Waals surface area contributed by atoms with E-state index in [9.17, 15) is 14.0 Å². The first-order chi connectivity index (χ1) is 12.5. The minimum atomic E-state index is -0.790. The first-order valence-corrected chi connectivity index (χ1v) is 7.78. The smallest absolute Gasteiger partial charge is 0.434 e. The molecule has 0 aliphatic carbocycles. The molecule has 26 heavy (non-hydrogen) atoms. The molecule has 6 nitrogen and oxygen atoms in total. The molecule has 7 heteroatoms. The van der Waals surface area contributed by atoms with Crippen LogP contribution in [0.4, 0.5) is 9.18 Å². The van der Waals surface area contributed by atoms with Gasteiger partial charge in [-0.3, -0.25) is 0 Å². The second-order valence-electron chi connectivity index (χ2n) is 5.20. The molecular formula is C19H14FNO5. The summed E-state index contributed by atoms with van der Waals surface area (Å²) in [5, 5.41) is 0. The lowest BCUT2D eigenvalue weighted by Crippen LogP contribution is -2.09.